The zero-order valence-corrected chi connectivity index (χ0v) is 18.7. The lowest BCUT2D eigenvalue weighted by Crippen LogP contribution is -2.64. The van der Waals surface area contributed by atoms with E-state index >= 15 is 0 Å². The number of esters is 2. The first-order chi connectivity index (χ1) is 13.7. The van der Waals surface area contributed by atoms with Gasteiger partial charge in [0.25, 0.3) is 0 Å². The number of nitrogens with one attached hydrogen (secondary N) is 2. The van der Waals surface area contributed by atoms with E-state index in [4.69, 9.17) is 9.47 Å². The van der Waals surface area contributed by atoms with E-state index in [1.54, 1.807) is 41.5 Å². The summed E-state index contributed by atoms with van der Waals surface area (Å²) in [5, 5.41) is 24.2. The van der Waals surface area contributed by atoms with E-state index in [9.17, 15) is 29.4 Å². The van der Waals surface area contributed by atoms with E-state index in [1.807, 2.05) is 0 Å². The van der Waals surface area contributed by atoms with Crippen LogP contribution in [0.1, 0.15) is 60.8 Å². The molecule has 0 radical (unpaired) electrons. The number of hydrogen-bond donors (Lipinski definition) is 4. The molecule has 10 nitrogen and oxygen atoms in total. The quantitative estimate of drug-likeness (QED) is 0.184. The van der Waals surface area contributed by atoms with Gasteiger partial charge in [0.1, 0.15) is 22.8 Å². The average Bonchev–Trinajstić information content (AvgIpc) is 2.56. The number of rotatable bonds is 13. The zero-order valence-electron chi connectivity index (χ0n) is 18.7. The SMILES string of the molecule is CC(C)(C)OC(=O)[C@@H](CO)CCCC(NC=O)(NC=O)[C@H](CO)C(=O)OC(C)(C)C. The second-order valence-electron chi connectivity index (χ2n) is 9.07. The van der Waals surface area contributed by atoms with Crippen LogP contribution < -0.4 is 10.6 Å². The van der Waals surface area contributed by atoms with Crippen molar-refractivity contribution < 1.29 is 38.9 Å². The lowest BCUT2D eigenvalue weighted by Gasteiger charge is -2.39. The number of carbonyl (C=O) groups is 4. The van der Waals surface area contributed by atoms with E-state index in [0.29, 0.717) is 12.8 Å². The van der Waals surface area contributed by atoms with E-state index in [0.717, 1.165) is 0 Å². The zero-order chi connectivity index (χ0) is 23.6. The van der Waals surface area contributed by atoms with Gasteiger partial charge in [-0.1, -0.05) is 0 Å². The van der Waals surface area contributed by atoms with Gasteiger partial charge in [-0.05, 0) is 60.8 Å². The van der Waals surface area contributed by atoms with Crippen molar-refractivity contribution in [2.75, 3.05) is 13.2 Å². The van der Waals surface area contributed by atoms with Crippen LogP contribution in [-0.2, 0) is 28.7 Å². The molecule has 2 atom stereocenters. The minimum atomic E-state index is -1.63. The first kappa shape index (κ1) is 27.8. The molecular formula is C20H36N2O8. The molecule has 0 spiro atoms. The number of aliphatic hydroxyl groups is 2. The van der Waals surface area contributed by atoms with Gasteiger partial charge in [-0.3, -0.25) is 19.2 Å². The summed E-state index contributed by atoms with van der Waals surface area (Å²) in [4.78, 5) is 47.3. The second-order valence-corrected chi connectivity index (χ2v) is 9.07. The minimum Gasteiger partial charge on any atom is -0.460 e. The van der Waals surface area contributed by atoms with Crippen molar-refractivity contribution in [3.05, 3.63) is 0 Å². The monoisotopic (exact) mass is 432 g/mol. The van der Waals surface area contributed by atoms with Gasteiger partial charge in [-0.15, -0.1) is 0 Å². The lowest BCUT2D eigenvalue weighted by molar-refractivity contribution is -0.167. The second kappa shape index (κ2) is 11.8. The normalized spacial score (nSPS) is 14.3. The molecule has 0 heterocycles. The van der Waals surface area contributed by atoms with Crippen molar-refractivity contribution in [3.8, 4) is 0 Å². The van der Waals surface area contributed by atoms with Crippen molar-refractivity contribution in [1.29, 1.82) is 0 Å². The summed E-state index contributed by atoms with van der Waals surface area (Å²) < 4.78 is 10.6. The fraction of sp³-hybridized carbons (Fsp3) is 0.800. The van der Waals surface area contributed by atoms with Gasteiger partial charge in [-0.25, -0.2) is 0 Å². The van der Waals surface area contributed by atoms with E-state index in [1.165, 1.54) is 0 Å². The van der Waals surface area contributed by atoms with Crippen LogP contribution in [0.5, 0.6) is 0 Å². The Morgan fingerprint density at radius 2 is 1.33 bits per heavy atom. The van der Waals surface area contributed by atoms with Crippen molar-refractivity contribution in [2.45, 2.75) is 77.7 Å². The van der Waals surface area contributed by atoms with Crippen LogP contribution in [0.15, 0.2) is 0 Å². The summed E-state index contributed by atoms with van der Waals surface area (Å²) in [5.41, 5.74) is -3.20. The third-order valence-corrected chi connectivity index (χ3v) is 4.19. The largest absolute Gasteiger partial charge is 0.460 e. The number of hydrogen-bond acceptors (Lipinski definition) is 8. The van der Waals surface area contributed by atoms with Crippen LogP contribution in [0.4, 0.5) is 0 Å². The molecule has 0 saturated heterocycles. The van der Waals surface area contributed by atoms with Gasteiger partial charge in [0.15, 0.2) is 0 Å². The molecule has 0 aliphatic heterocycles. The highest BCUT2D eigenvalue weighted by Gasteiger charge is 2.44. The summed E-state index contributed by atoms with van der Waals surface area (Å²) in [5.74, 6) is -3.49. The maximum Gasteiger partial charge on any atom is 0.316 e. The van der Waals surface area contributed by atoms with Gasteiger partial charge >= 0.3 is 11.9 Å². The molecule has 0 saturated carbocycles. The Bertz CT molecular complexity index is 570. The van der Waals surface area contributed by atoms with E-state index in [2.05, 4.69) is 10.6 Å². The summed E-state index contributed by atoms with van der Waals surface area (Å²) in [6.45, 7) is 8.92. The molecule has 0 aromatic rings. The molecule has 0 rings (SSSR count). The van der Waals surface area contributed by atoms with Gasteiger partial charge in [0.05, 0.1) is 19.1 Å². The van der Waals surface area contributed by atoms with Crippen molar-refractivity contribution in [1.82, 2.24) is 10.6 Å². The predicted molar refractivity (Wildman–Crippen MR) is 108 cm³/mol. The fourth-order valence-electron chi connectivity index (χ4n) is 2.87. The molecule has 0 bridgehead atoms. The molecule has 0 fully saturated rings. The Morgan fingerprint density at radius 3 is 1.70 bits per heavy atom. The van der Waals surface area contributed by atoms with Gasteiger partial charge in [0.2, 0.25) is 12.8 Å². The molecule has 0 aliphatic rings. The highest BCUT2D eigenvalue weighted by Crippen LogP contribution is 2.26. The van der Waals surface area contributed by atoms with Crippen LogP contribution in [0.2, 0.25) is 0 Å². The van der Waals surface area contributed by atoms with E-state index in [-0.39, 0.29) is 19.3 Å². The Labute approximate surface area is 177 Å². The number of ether oxygens (including phenoxy) is 2. The van der Waals surface area contributed by atoms with Crippen LogP contribution in [-0.4, -0.2) is 65.1 Å². The average molecular weight is 433 g/mol. The molecule has 2 amide bonds. The summed E-state index contributed by atoms with van der Waals surface area (Å²) in [6, 6.07) is 0. The molecule has 0 aliphatic carbocycles. The molecule has 0 aromatic carbocycles. The standard InChI is InChI=1S/C20H36N2O8/c1-18(2,3)29-16(27)14(10-23)8-7-9-20(21-12-25,22-13-26)15(11-24)17(28)30-19(4,5)6/h12-15,23-24H,7-11H2,1-6H3,(H,21,25)(H,22,26)/t14-,15-/m1/s1. The highest BCUT2D eigenvalue weighted by atomic mass is 16.6. The summed E-state index contributed by atoms with van der Waals surface area (Å²) in [6.07, 6.45) is 0.988. The van der Waals surface area contributed by atoms with Crippen molar-refractivity contribution in [3.63, 3.8) is 0 Å². The summed E-state index contributed by atoms with van der Waals surface area (Å²) in [7, 11) is 0. The molecule has 4 N–H and O–H groups in total. The lowest BCUT2D eigenvalue weighted by atomic mass is 9.86. The van der Waals surface area contributed by atoms with Gasteiger partial charge < -0.3 is 30.3 Å². The van der Waals surface area contributed by atoms with Crippen LogP contribution in [0.3, 0.4) is 0 Å². The van der Waals surface area contributed by atoms with E-state index < -0.39 is 53.9 Å². The Hall–Kier alpha value is -2.20. The molecule has 10 heteroatoms. The molecule has 0 aromatic heterocycles. The van der Waals surface area contributed by atoms with Gasteiger partial charge in [0, 0.05) is 0 Å². The third kappa shape index (κ3) is 9.53. The highest BCUT2D eigenvalue weighted by molar-refractivity contribution is 5.76. The van der Waals surface area contributed by atoms with Crippen LogP contribution in [0.25, 0.3) is 0 Å². The Kier molecular flexibility index (Phi) is 11.0. The molecule has 0 unspecified atom stereocenters. The Morgan fingerprint density at radius 1 is 0.867 bits per heavy atom. The molecule has 174 valence electrons. The third-order valence-electron chi connectivity index (χ3n) is 4.19. The first-order valence-corrected chi connectivity index (χ1v) is 9.85. The number of amides is 2. The Balaban J connectivity index is 5.50. The number of carbonyl (C=O) groups excluding carboxylic acids is 4. The van der Waals surface area contributed by atoms with Crippen molar-refractivity contribution in [2.24, 2.45) is 11.8 Å². The summed E-state index contributed by atoms with van der Waals surface area (Å²) >= 11 is 0. The fourth-order valence-corrected chi connectivity index (χ4v) is 2.87. The topological polar surface area (TPSA) is 151 Å². The minimum absolute atomic E-state index is 0.00571. The molecular weight excluding hydrogens is 396 g/mol. The smallest absolute Gasteiger partial charge is 0.316 e. The van der Waals surface area contributed by atoms with Crippen LogP contribution in [0, 0.1) is 11.8 Å². The van der Waals surface area contributed by atoms with Gasteiger partial charge in [-0.2, -0.15) is 0 Å². The maximum atomic E-state index is 12.6. The molecule has 30 heavy (non-hydrogen) atoms. The number of aliphatic hydroxyl groups excluding tert-OH is 2. The van der Waals surface area contributed by atoms with Crippen molar-refractivity contribution >= 4 is 24.8 Å². The van der Waals surface area contributed by atoms with Crippen LogP contribution >= 0.6 is 0 Å². The first-order valence-electron chi connectivity index (χ1n) is 9.85. The predicted octanol–water partition coefficient (Wildman–Crippen LogP) is 0.245. The maximum absolute atomic E-state index is 12.6.